The molecule has 0 N–H and O–H groups in total. The van der Waals surface area contributed by atoms with E-state index in [1.54, 1.807) is 12.3 Å². The van der Waals surface area contributed by atoms with Gasteiger partial charge in [0.05, 0.1) is 5.52 Å². The van der Waals surface area contributed by atoms with Gasteiger partial charge in [-0.1, -0.05) is 77.6 Å². The maximum Gasteiger partial charge on any atom is 0.160 e. The molecule has 0 spiro atoms. The van der Waals surface area contributed by atoms with Gasteiger partial charge in [-0.2, -0.15) is 0 Å². The van der Waals surface area contributed by atoms with Gasteiger partial charge in [0.2, 0.25) is 0 Å². The first-order chi connectivity index (χ1) is 14.2. The van der Waals surface area contributed by atoms with Crippen LogP contribution in [0.5, 0.6) is 0 Å². The maximum atomic E-state index is 4.89. The average Bonchev–Trinajstić information content (AvgIpc) is 2.76. The van der Waals surface area contributed by atoms with Gasteiger partial charge in [0.25, 0.3) is 0 Å². The predicted molar refractivity (Wildman–Crippen MR) is 124 cm³/mol. The van der Waals surface area contributed by atoms with Crippen LogP contribution in [0, 0.1) is 0 Å². The smallest absolute Gasteiger partial charge is 0.160 e. The Morgan fingerprint density at radius 3 is 2.52 bits per heavy atom. The molecule has 0 aliphatic heterocycles. The minimum absolute atomic E-state index is 0.665. The fraction of sp³-hybridized carbons (Fsp3) is 0. The summed E-state index contributed by atoms with van der Waals surface area (Å²) in [6, 6.07) is 20.0. The summed E-state index contributed by atoms with van der Waals surface area (Å²) >= 11 is 3.53. The van der Waals surface area contributed by atoms with Gasteiger partial charge in [-0.25, -0.2) is 9.97 Å². The molecule has 0 bridgehead atoms. The average molecular weight is 440 g/mol. The van der Waals surface area contributed by atoms with Crippen LogP contribution in [0.2, 0.25) is 0 Å². The molecule has 0 saturated carbocycles. The molecule has 4 rings (SSSR count). The Hall–Kier alpha value is -3.37. The van der Waals surface area contributed by atoms with Gasteiger partial charge in [-0.05, 0) is 41.5 Å². The molecule has 0 aliphatic carbocycles. The summed E-state index contributed by atoms with van der Waals surface area (Å²) < 4.78 is 0.985. The molecule has 2 aromatic heterocycles. The molecule has 4 heteroatoms. The summed E-state index contributed by atoms with van der Waals surface area (Å²) in [7, 11) is 0. The van der Waals surface area contributed by atoms with E-state index in [2.05, 4.69) is 40.1 Å². The van der Waals surface area contributed by atoms with Gasteiger partial charge in [0, 0.05) is 21.8 Å². The van der Waals surface area contributed by atoms with Crippen molar-refractivity contribution in [2.75, 3.05) is 0 Å². The van der Waals surface area contributed by atoms with Crippen LogP contribution in [0.15, 0.2) is 103 Å². The summed E-state index contributed by atoms with van der Waals surface area (Å²) in [6.07, 6.45) is 7.29. The van der Waals surface area contributed by atoms with Gasteiger partial charge >= 0.3 is 0 Å². The van der Waals surface area contributed by atoms with E-state index < -0.39 is 0 Å². The molecular formula is C25H18BrN3. The van der Waals surface area contributed by atoms with E-state index in [4.69, 9.17) is 9.97 Å². The quantitative estimate of drug-likeness (QED) is 0.318. The van der Waals surface area contributed by atoms with E-state index in [-0.39, 0.29) is 0 Å². The standard InChI is InChI=1S/C25H18BrN3/c1-3-8-17(4-2)18-9-5-10-19(15-18)23-24-22(13-7-14-27-24)28-25(29-23)20-11-6-12-21(26)16-20/h3-16H,1-2H2/b17-8+. The van der Waals surface area contributed by atoms with Gasteiger partial charge in [0.15, 0.2) is 5.82 Å². The lowest BCUT2D eigenvalue weighted by molar-refractivity contribution is 1.20. The fourth-order valence-electron chi connectivity index (χ4n) is 3.18. The number of rotatable bonds is 5. The predicted octanol–water partition coefficient (Wildman–Crippen LogP) is 6.88. The molecule has 0 unspecified atom stereocenters. The van der Waals surface area contributed by atoms with Crippen molar-refractivity contribution in [2.45, 2.75) is 0 Å². The zero-order valence-electron chi connectivity index (χ0n) is 15.7. The topological polar surface area (TPSA) is 38.7 Å². The Morgan fingerprint density at radius 1 is 0.897 bits per heavy atom. The number of benzene rings is 2. The van der Waals surface area contributed by atoms with E-state index in [1.807, 2.05) is 66.7 Å². The van der Waals surface area contributed by atoms with Crippen LogP contribution in [-0.2, 0) is 0 Å². The third kappa shape index (κ3) is 3.93. The Labute approximate surface area is 178 Å². The van der Waals surface area contributed by atoms with Crippen molar-refractivity contribution in [1.82, 2.24) is 15.0 Å². The van der Waals surface area contributed by atoms with E-state index in [1.165, 1.54) is 0 Å². The molecule has 29 heavy (non-hydrogen) atoms. The van der Waals surface area contributed by atoms with Gasteiger partial charge in [0.1, 0.15) is 11.2 Å². The zero-order chi connectivity index (χ0) is 20.2. The van der Waals surface area contributed by atoms with Gasteiger partial charge < -0.3 is 0 Å². The fourth-order valence-corrected chi connectivity index (χ4v) is 3.58. The van der Waals surface area contributed by atoms with Gasteiger partial charge in [-0.15, -0.1) is 0 Å². The summed E-state index contributed by atoms with van der Waals surface area (Å²) in [6.45, 7) is 7.70. The van der Waals surface area contributed by atoms with Crippen LogP contribution in [0.4, 0.5) is 0 Å². The van der Waals surface area contributed by atoms with Crippen LogP contribution < -0.4 is 0 Å². The molecule has 0 radical (unpaired) electrons. The van der Waals surface area contributed by atoms with E-state index in [0.29, 0.717) is 5.82 Å². The molecule has 4 aromatic rings. The van der Waals surface area contributed by atoms with Crippen LogP contribution in [0.1, 0.15) is 5.56 Å². The Bertz CT molecular complexity index is 1260. The normalized spacial score (nSPS) is 11.4. The van der Waals surface area contributed by atoms with Crippen LogP contribution in [-0.4, -0.2) is 15.0 Å². The number of pyridine rings is 1. The monoisotopic (exact) mass is 439 g/mol. The second-order valence-electron chi connectivity index (χ2n) is 6.42. The van der Waals surface area contributed by atoms with E-state index in [9.17, 15) is 0 Å². The number of allylic oxidation sites excluding steroid dienone is 4. The molecule has 0 atom stereocenters. The van der Waals surface area contributed by atoms with Crippen molar-refractivity contribution in [2.24, 2.45) is 0 Å². The zero-order valence-corrected chi connectivity index (χ0v) is 17.3. The molecule has 2 heterocycles. The lowest BCUT2D eigenvalue weighted by atomic mass is 10.0. The highest BCUT2D eigenvalue weighted by molar-refractivity contribution is 9.10. The molecule has 0 aliphatic rings. The first-order valence-corrected chi connectivity index (χ1v) is 9.93. The minimum atomic E-state index is 0.665. The number of aromatic nitrogens is 3. The Kier molecular flexibility index (Phi) is 5.45. The number of hydrogen-bond acceptors (Lipinski definition) is 3. The van der Waals surface area contributed by atoms with Crippen LogP contribution in [0.25, 0.3) is 39.3 Å². The van der Waals surface area contributed by atoms with Crippen molar-refractivity contribution in [3.05, 3.63) is 108 Å². The lowest BCUT2D eigenvalue weighted by Crippen LogP contribution is -1.97. The summed E-state index contributed by atoms with van der Waals surface area (Å²) in [5, 5.41) is 0. The van der Waals surface area contributed by atoms with Crippen molar-refractivity contribution < 1.29 is 0 Å². The lowest BCUT2D eigenvalue weighted by Gasteiger charge is -2.10. The Morgan fingerprint density at radius 2 is 1.72 bits per heavy atom. The highest BCUT2D eigenvalue weighted by Crippen LogP contribution is 2.30. The van der Waals surface area contributed by atoms with Gasteiger partial charge in [-0.3, -0.25) is 4.98 Å². The SMILES string of the molecule is C=C/C=C(\C=C)c1cccc(-c2nc(-c3cccc(Br)c3)nc3cccnc23)c1. The van der Waals surface area contributed by atoms with Crippen molar-refractivity contribution >= 4 is 32.5 Å². The second-order valence-corrected chi connectivity index (χ2v) is 7.34. The molecule has 0 amide bonds. The number of halogens is 1. The number of fused-ring (bicyclic) bond motifs is 1. The Balaban J connectivity index is 1.95. The first-order valence-electron chi connectivity index (χ1n) is 9.14. The molecule has 0 saturated heterocycles. The van der Waals surface area contributed by atoms with Crippen molar-refractivity contribution in [3.63, 3.8) is 0 Å². The summed E-state index contributed by atoms with van der Waals surface area (Å²) in [4.78, 5) is 14.2. The van der Waals surface area contributed by atoms with E-state index >= 15 is 0 Å². The number of hydrogen-bond donors (Lipinski definition) is 0. The number of nitrogens with zero attached hydrogens (tertiary/aromatic N) is 3. The highest BCUT2D eigenvalue weighted by atomic mass is 79.9. The molecule has 0 fully saturated rings. The molecule has 140 valence electrons. The van der Waals surface area contributed by atoms with Crippen LogP contribution >= 0.6 is 15.9 Å². The van der Waals surface area contributed by atoms with Crippen molar-refractivity contribution in [1.29, 1.82) is 0 Å². The van der Waals surface area contributed by atoms with Crippen molar-refractivity contribution in [3.8, 4) is 22.6 Å². The van der Waals surface area contributed by atoms with Crippen LogP contribution in [0.3, 0.4) is 0 Å². The first kappa shape index (κ1) is 19.0. The third-order valence-electron chi connectivity index (χ3n) is 4.52. The second kappa shape index (κ2) is 8.33. The molecule has 2 aromatic carbocycles. The molecule has 3 nitrogen and oxygen atoms in total. The summed E-state index contributed by atoms with van der Waals surface area (Å²) in [5.74, 6) is 0.665. The largest absolute Gasteiger partial charge is 0.252 e. The third-order valence-corrected chi connectivity index (χ3v) is 5.02. The molecular weight excluding hydrogens is 422 g/mol. The van der Waals surface area contributed by atoms with E-state index in [0.717, 1.165) is 43.5 Å². The minimum Gasteiger partial charge on any atom is -0.252 e. The summed E-state index contributed by atoms with van der Waals surface area (Å²) in [5.41, 5.74) is 6.35. The maximum absolute atomic E-state index is 4.89. The highest BCUT2D eigenvalue weighted by Gasteiger charge is 2.13.